The molecule has 1 aliphatic carbocycles. The number of hydrogen-bond donors (Lipinski definition) is 1. The Morgan fingerprint density at radius 2 is 1.85 bits per heavy atom. The van der Waals surface area contributed by atoms with Gasteiger partial charge in [0.15, 0.2) is 0 Å². The van der Waals surface area contributed by atoms with E-state index < -0.39 is 0 Å². The Morgan fingerprint density at radius 1 is 1.08 bits per heavy atom. The number of carbonyl (C=O) groups is 1. The smallest absolute Gasteiger partial charge is 0.238 e. The number of anilines is 1. The second-order valence-corrected chi connectivity index (χ2v) is 7.71. The van der Waals surface area contributed by atoms with Crippen LogP contribution in [-0.4, -0.2) is 62.1 Å². The van der Waals surface area contributed by atoms with Crippen molar-refractivity contribution in [3.05, 3.63) is 24.3 Å². The first-order valence-electron chi connectivity index (χ1n) is 10.1. The third kappa shape index (κ3) is 5.99. The lowest BCUT2D eigenvalue weighted by atomic mass is 9.89. The topological polar surface area (TPSA) is 44.8 Å². The monoisotopic (exact) mass is 359 g/mol. The van der Waals surface area contributed by atoms with Crippen LogP contribution in [0.15, 0.2) is 24.3 Å². The van der Waals surface area contributed by atoms with Crippen molar-refractivity contribution in [3.8, 4) is 5.75 Å². The highest BCUT2D eigenvalue weighted by Crippen LogP contribution is 2.24. The summed E-state index contributed by atoms with van der Waals surface area (Å²) in [7, 11) is 1.64. The van der Waals surface area contributed by atoms with Crippen LogP contribution in [0.3, 0.4) is 0 Å². The number of nitrogens with zero attached hydrogens (tertiary/aromatic N) is 2. The molecule has 1 amide bonds. The van der Waals surface area contributed by atoms with E-state index in [1.807, 2.05) is 24.3 Å². The van der Waals surface area contributed by atoms with Crippen LogP contribution in [0.5, 0.6) is 5.75 Å². The zero-order valence-corrected chi connectivity index (χ0v) is 16.1. The van der Waals surface area contributed by atoms with Gasteiger partial charge in [0.05, 0.1) is 13.7 Å². The third-order valence-corrected chi connectivity index (χ3v) is 5.64. The molecule has 0 radical (unpaired) electrons. The highest BCUT2D eigenvalue weighted by atomic mass is 16.5. The molecule has 0 atom stereocenters. The molecule has 0 aromatic heterocycles. The summed E-state index contributed by atoms with van der Waals surface area (Å²) < 4.78 is 5.21. The van der Waals surface area contributed by atoms with Crippen molar-refractivity contribution < 1.29 is 9.53 Å². The molecule has 3 rings (SSSR count). The summed E-state index contributed by atoms with van der Waals surface area (Å²) >= 11 is 0. The van der Waals surface area contributed by atoms with Gasteiger partial charge < -0.3 is 15.0 Å². The molecule has 2 aliphatic rings. The van der Waals surface area contributed by atoms with Gasteiger partial charge in [-0.25, -0.2) is 0 Å². The molecule has 5 nitrogen and oxygen atoms in total. The maximum Gasteiger partial charge on any atom is 0.238 e. The zero-order valence-electron chi connectivity index (χ0n) is 16.1. The van der Waals surface area contributed by atoms with E-state index in [9.17, 15) is 4.79 Å². The van der Waals surface area contributed by atoms with Crippen molar-refractivity contribution in [2.45, 2.75) is 38.5 Å². The SMILES string of the molecule is COc1cccc(NC(=O)CN2CCCN(CC3CCCCC3)CC2)c1. The summed E-state index contributed by atoms with van der Waals surface area (Å²) in [4.78, 5) is 17.3. The Hall–Kier alpha value is -1.59. The molecule has 1 saturated heterocycles. The molecule has 0 unspecified atom stereocenters. The number of carbonyl (C=O) groups excluding carboxylic acids is 1. The molecule has 5 heteroatoms. The first-order valence-corrected chi connectivity index (χ1v) is 10.1. The Labute approximate surface area is 157 Å². The van der Waals surface area contributed by atoms with Gasteiger partial charge in [0.25, 0.3) is 0 Å². The first-order chi connectivity index (χ1) is 12.7. The Bertz CT molecular complexity index is 572. The zero-order chi connectivity index (χ0) is 18.2. The van der Waals surface area contributed by atoms with E-state index in [4.69, 9.17) is 4.74 Å². The molecular formula is C21H33N3O2. The van der Waals surface area contributed by atoms with Crippen LogP contribution in [0.25, 0.3) is 0 Å². The number of methoxy groups -OCH3 is 1. The second kappa shape index (κ2) is 9.93. The van der Waals surface area contributed by atoms with E-state index in [0.29, 0.717) is 6.54 Å². The van der Waals surface area contributed by atoms with Crippen molar-refractivity contribution in [1.29, 1.82) is 0 Å². The minimum absolute atomic E-state index is 0.0546. The van der Waals surface area contributed by atoms with Crippen molar-refractivity contribution in [1.82, 2.24) is 9.80 Å². The number of amides is 1. The van der Waals surface area contributed by atoms with Gasteiger partial charge in [-0.05, 0) is 50.4 Å². The average Bonchev–Trinajstić information content (AvgIpc) is 2.88. The van der Waals surface area contributed by atoms with Crippen LogP contribution < -0.4 is 10.1 Å². The van der Waals surface area contributed by atoms with Crippen molar-refractivity contribution in [3.63, 3.8) is 0 Å². The molecule has 1 heterocycles. The molecule has 0 spiro atoms. The third-order valence-electron chi connectivity index (χ3n) is 5.64. The maximum atomic E-state index is 12.4. The summed E-state index contributed by atoms with van der Waals surface area (Å²) in [6.45, 7) is 5.97. The standard InChI is InChI=1S/C21H33N3O2/c1-26-20-10-5-9-19(15-20)22-21(25)17-24-12-6-11-23(13-14-24)16-18-7-3-2-4-8-18/h5,9-10,15,18H,2-4,6-8,11-14,16-17H2,1H3,(H,22,25). The van der Waals surface area contributed by atoms with E-state index in [0.717, 1.165) is 43.4 Å². The molecule has 1 aromatic carbocycles. The van der Waals surface area contributed by atoms with Gasteiger partial charge in [0.1, 0.15) is 5.75 Å². The summed E-state index contributed by atoms with van der Waals surface area (Å²) in [5.74, 6) is 1.71. The minimum atomic E-state index is 0.0546. The number of benzene rings is 1. The molecule has 2 fully saturated rings. The lowest BCUT2D eigenvalue weighted by Crippen LogP contribution is -2.37. The van der Waals surface area contributed by atoms with E-state index in [-0.39, 0.29) is 5.91 Å². The van der Waals surface area contributed by atoms with Crippen LogP contribution in [0.1, 0.15) is 38.5 Å². The number of ether oxygens (including phenoxy) is 1. The van der Waals surface area contributed by atoms with Crippen LogP contribution >= 0.6 is 0 Å². The molecule has 1 aromatic rings. The summed E-state index contributed by atoms with van der Waals surface area (Å²) in [6.07, 6.45) is 8.21. The normalized spacial score (nSPS) is 20.5. The lowest BCUT2D eigenvalue weighted by molar-refractivity contribution is -0.117. The lowest BCUT2D eigenvalue weighted by Gasteiger charge is -2.28. The first kappa shape index (κ1) is 19.2. The van der Waals surface area contributed by atoms with Crippen LogP contribution in [0.4, 0.5) is 5.69 Å². The Kier molecular flexibility index (Phi) is 7.32. The van der Waals surface area contributed by atoms with Gasteiger partial charge in [-0.1, -0.05) is 25.3 Å². The highest BCUT2D eigenvalue weighted by Gasteiger charge is 2.21. The van der Waals surface area contributed by atoms with Crippen molar-refractivity contribution in [2.75, 3.05) is 51.7 Å². The Morgan fingerprint density at radius 3 is 2.65 bits per heavy atom. The van der Waals surface area contributed by atoms with Crippen molar-refractivity contribution >= 4 is 11.6 Å². The van der Waals surface area contributed by atoms with E-state index >= 15 is 0 Å². The van der Waals surface area contributed by atoms with Gasteiger partial charge in [-0.3, -0.25) is 9.69 Å². The largest absolute Gasteiger partial charge is 0.497 e. The second-order valence-electron chi connectivity index (χ2n) is 7.71. The van der Waals surface area contributed by atoms with Gasteiger partial charge in [-0.15, -0.1) is 0 Å². The fourth-order valence-electron chi connectivity index (χ4n) is 4.20. The van der Waals surface area contributed by atoms with Gasteiger partial charge in [0, 0.05) is 31.4 Å². The van der Waals surface area contributed by atoms with Gasteiger partial charge in [-0.2, -0.15) is 0 Å². The van der Waals surface area contributed by atoms with Crippen LogP contribution in [0, 0.1) is 5.92 Å². The molecule has 26 heavy (non-hydrogen) atoms. The summed E-state index contributed by atoms with van der Waals surface area (Å²) in [5, 5.41) is 2.99. The summed E-state index contributed by atoms with van der Waals surface area (Å²) in [6, 6.07) is 7.52. The predicted octanol–water partition coefficient (Wildman–Crippen LogP) is 3.22. The van der Waals surface area contributed by atoms with Crippen LogP contribution in [-0.2, 0) is 4.79 Å². The van der Waals surface area contributed by atoms with Crippen molar-refractivity contribution in [2.24, 2.45) is 5.92 Å². The van der Waals surface area contributed by atoms with E-state index in [2.05, 4.69) is 15.1 Å². The molecule has 1 N–H and O–H groups in total. The average molecular weight is 360 g/mol. The van der Waals surface area contributed by atoms with Crippen LogP contribution in [0.2, 0.25) is 0 Å². The highest BCUT2D eigenvalue weighted by molar-refractivity contribution is 5.92. The van der Waals surface area contributed by atoms with E-state index in [1.165, 1.54) is 45.2 Å². The molecule has 1 saturated carbocycles. The summed E-state index contributed by atoms with van der Waals surface area (Å²) in [5.41, 5.74) is 0.795. The quantitative estimate of drug-likeness (QED) is 0.847. The van der Waals surface area contributed by atoms with Gasteiger partial charge >= 0.3 is 0 Å². The predicted molar refractivity (Wildman–Crippen MR) is 106 cm³/mol. The molecule has 144 valence electrons. The number of nitrogens with one attached hydrogen (secondary N) is 1. The fraction of sp³-hybridized carbons (Fsp3) is 0.667. The molecule has 1 aliphatic heterocycles. The Balaban J connectivity index is 1.42. The van der Waals surface area contributed by atoms with E-state index in [1.54, 1.807) is 7.11 Å². The number of hydrogen-bond acceptors (Lipinski definition) is 4. The van der Waals surface area contributed by atoms with Gasteiger partial charge in [0.2, 0.25) is 5.91 Å². The minimum Gasteiger partial charge on any atom is -0.497 e. The molecular weight excluding hydrogens is 326 g/mol. The number of rotatable bonds is 6. The maximum absolute atomic E-state index is 12.4. The fourth-order valence-corrected chi connectivity index (χ4v) is 4.20. The molecule has 0 bridgehead atoms.